The molecule has 0 radical (unpaired) electrons. The van der Waals surface area contributed by atoms with E-state index in [4.69, 9.17) is 16.3 Å². The van der Waals surface area contributed by atoms with Crippen LogP contribution in [0.3, 0.4) is 0 Å². The summed E-state index contributed by atoms with van der Waals surface area (Å²) in [4.78, 5) is 43.2. The van der Waals surface area contributed by atoms with Crippen molar-refractivity contribution in [1.29, 1.82) is 0 Å². The molecule has 36 heavy (non-hydrogen) atoms. The topological polar surface area (TPSA) is 123 Å². The number of non-ortho nitro benzene ring substituents is 1. The fraction of sp³-hybridized carbons (Fsp3) is 0.0800. The molecule has 2 heterocycles. The number of rotatable bonds is 5. The van der Waals surface area contributed by atoms with Crippen molar-refractivity contribution in [2.75, 3.05) is 12.0 Å². The number of methoxy groups -OCH3 is 1. The summed E-state index contributed by atoms with van der Waals surface area (Å²) < 4.78 is 5.83. The lowest BCUT2D eigenvalue weighted by atomic mass is 9.95. The monoisotopic (exact) mass is 521 g/mol. The molecule has 0 bridgehead atoms. The first kappa shape index (κ1) is 23.5. The van der Waals surface area contributed by atoms with Crippen LogP contribution in [0.25, 0.3) is 16.0 Å². The summed E-state index contributed by atoms with van der Waals surface area (Å²) in [7, 11) is 1.49. The van der Waals surface area contributed by atoms with Crippen molar-refractivity contribution in [2.24, 2.45) is 0 Å². The molecule has 180 valence electrons. The molecule has 1 N–H and O–H groups in total. The molecule has 1 amide bonds. The molecular weight excluding hydrogens is 506 g/mol. The summed E-state index contributed by atoms with van der Waals surface area (Å²) >= 11 is 7.24. The third-order valence-corrected chi connectivity index (χ3v) is 7.00. The number of carbonyl (C=O) groups excluding carboxylic acids is 2. The van der Waals surface area contributed by atoms with Crippen molar-refractivity contribution >= 4 is 61.4 Å². The van der Waals surface area contributed by atoms with Gasteiger partial charge < -0.3 is 9.84 Å². The number of halogens is 1. The molecule has 1 fully saturated rings. The van der Waals surface area contributed by atoms with Gasteiger partial charge in [-0.1, -0.05) is 35.1 Å². The van der Waals surface area contributed by atoms with Gasteiger partial charge in [0.1, 0.15) is 11.5 Å². The molecule has 3 aromatic carbocycles. The van der Waals surface area contributed by atoms with Crippen LogP contribution in [0.15, 0.2) is 72.3 Å². The van der Waals surface area contributed by atoms with Crippen molar-refractivity contribution in [1.82, 2.24) is 4.98 Å². The SMILES string of the molecule is COc1ccc(/C(O)=C2\C(=O)C(=O)N(c3nc4ccc(Cl)cc4s3)C2c2cccc([N+](=O)[O-])c2)cc1. The molecule has 0 aliphatic carbocycles. The number of nitro benzene ring substituents is 1. The van der Waals surface area contributed by atoms with Gasteiger partial charge in [0.2, 0.25) is 0 Å². The maximum atomic E-state index is 13.3. The van der Waals surface area contributed by atoms with Gasteiger partial charge in [0, 0.05) is 22.7 Å². The Morgan fingerprint density at radius 3 is 2.58 bits per heavy atom. The fourth-order valence-corrected chi connectivity index (χ4v) is 5.32. The standard InChI is InChI=1S/C25H16ClN3O6S/c1-35-17-8-5-13(6-9-17)22(30)20-21(14-3-2-4-16(11-14)29(33)34)28(24(32)23(20)31)25-27-18-10-7-15(26)12-19(18)36-25/h2-12,21,30H,1H3/b22-20+. The summed E-state index contributed by atoms with van der Waals surface area (Å²) in [5, 5.41) is 23.3. The summed E-state index contributed by atoms with van der Waals surface area (Å²) in [6.07, 6.45) is 0. The zero-order valence-corrected chi connectivity index (χ0v) is 20.1. The molecule has 1 unspecified atom stereocenters. The maximum absolute atomic E-state index is 13.3. The Morgan fingerprint density at radius 1 is 1.14 bits per heavy atom. The lowest BCUT2D eigenvalue weighted by molar-refractivity contribution is -0.384. The van der Waals surface area contributed by atoms with E-state index < -0.39 is 28.4 Å². The number of amides is 1. The molecular formula is C25H16ClN3O6S. The van der Waals surface area contributed by atoms with E-state index in [0.29, 0.717) is 21.0 Å². The quantitative estimate of drug-likeness (QED) is 0.121. The first-order valence-electron chi connectivity index (χ1n) is 10.5. The Hall–Kier alpha value is -4.28. The Bertz CT molecular complexity index is 1580. The number of aliphatic hydroxyl groups excluding tert-OH is 1. The van der Waals surface area contributed by atoms with Gasteiger partial charge in [0.05, 0.1) is 33.9 Å². The summed E-state index contributed by atoms with van der Waals surface area (Å²) in [5.74, 6) is -1.72. The van der Waals surface area contributed by atoms with Gasteiger partial charge >= 0.3 is 5.91 Å². The lowest BCUT2D eigenvalue weighted by Gasteiger charge is -2.22. The first-order valence-corrected chi connectivity index (χ1v) is 11.7. The molecule has 9 nitrogen and oxygen atoms in total. The largest absolute Gasteiger partial charge is 0.507 e. The number of Topliss-reactive ketones (excluding diaryl/α,β-unsaturated/α-hetero) is 1. The molecule has 0 spiro atoms. The fourth-order valence-electron chi connectivity index (χ4n) is 4.05. The van der Waals surface area contributed by atoms with E-state index in [0.717, 1.165) is 16.2 Å². The van der Waals surface area contributed by atoms with Crippen molar-refractivity contribution in [3.63, 3.8) is 0 Å². The van der Waals surface area contributed by atoms with Crippen molar-refractivity contribution < 1.29 is 24.4 Å². The second-order valence-electron chi connectivity index (χ2n) is 7.86. The smallest absolute Gasteiger partial charge is 0.301 e. The van der Waals surface area contributed by atoms with E-state index in [-0.39, 0.29) is 27.5 Å². The number of hydrogen-bond acceptors (Lipinski definition) is 8. The number of nitrogens with zero attached hydrogens (tertiary/aromatic N) is 3. The lowest BCUT2D eigenvalue weighted by Crippen LogP contribution is -2.29. The van der Waals surface area contributed by atoms with Gasteiger partial charge in [0.25, 0.3) is 11.5 Å². The van der Waals surface area contributed by atoms with E-state index in [2.05, 4.69) is 4.98 Å². The number of fused-ring (bicyclic) bond motifs is 1. The highest BCUT2D eigenvalue weighted by atomic mass is 35.5. The predicted molar refractivity (Wildman–Crippen MR) is 136 cm³/mol. The van der Waals surface area contributed by atoms with Crippen LogP contribution in [-0.2, 0) is 9.59 Å². The predicted octanol–water partition coefficient (Wildman–Crippen LogP) is 5.49. The highest BCUT2D eigenvalue weighted by Crippen LogP contribution is 2.45. The minimum atomic E-state index is -1.15. The number of anilines is 1. The molecule has 0 saturated carbocycles. The van der Waals surface area contributed by atoms with Gasteiger partial charge in [0.15, 0.2) is 5.13 Å². The number of aliphatic hydroxyl groups is 1. The second-order valence-corrected chi connectivity index (χ2v) is 9.30. The Balaban J connectivity index is 1.73. The van der Waals surface area contributed by atoms with Crippen molar-refractivity contribution in [3.8, 4) is 5.75 Å². The van der Waals surface area contributed by atoms with Gasteiger partial charge in [-0.3, -0.25) is 24.6 Å². The normalized spacial score (nSPS) is 17.1. The van der Waals surface area contributed by atoms with Crippen LogP contribution in [0.2, 0.25) is 5.02 Å². The summed E-state index contributed by atoms with van der Waals surface area (Å²) in [5.41, 5.74) is 0.687. The number of benzene rings is 3. The summed E-state index contributed by atoms with van der Waals surface area (Å²) in [6, 6.07) is 15.8. The Labute approximate surface area is 213 Å². The average Bonchev–Trinajstić information content (AvgIpc) is 3.41. The highest BCUT2D eigenvalue weighted by molar-refractivity contribution is 7.22. The van der Waals surface area contributed by atoms with E-state index in [9.17, 15) is 24.8 Å². The van der Waals surface area contributed by atoms with Gasteiger partial charge in [-0.2, -0.15) is 0 Å². The number of ether oxygens (including phenoxy) is 1. The minimum Gasteiger partial charge on any atom is -0.507 e. The Kier molecular flexibility index (Phi) is 5.91. The van der Waals surface area contributed by atoms with Crippen LogP contribution in [0.5, 0.6) is 5.75 Å². The zero-order chi connectivity index (χ0) is 25.6. The zero-order valence-electron chi connectivity index (χ0n) is 18.5. The van der Waals surface area contributed by atoms with Crippen LogP contribution >= 0.6 is 22.9 Å². The van der Waals surface area contributed by atoms with E-state index >= 15 is 0 Å². The van der Waals surface area contributed by atoms with Gasteiger partial charge in [-0.25, -0.2) is 4.98 Å². The number of nitro groups is 1. The molecule has 1 saturated heterocycles. The molecule has 5 rings (SSSR count). The van der Waals surface area contributed by atoms with Crippen LogP contribution in [-0.4, -0.2) is 33.8 Å². The second kappa shape index (κ2) is 9.06. The third-order valence-electron chi connectivity index (χ3n) is 5.75. The maximum Gasteiger partial charge on any atom is 0.301 e. The molecule has 1 atom stereocenters. The molecule has 1 aromatic heterocycles. The van der Waals surface area contributed by atoms with Gasteiger partial charge in [-0.15, -0.1) is 0 Å². The first-order chi connectivity index (χ1) is 17.3. The molecule has 4 aromatic rings. The number of carbonyl (C=O) groups is 2. The highest BCUT2D eigenvalue weighted by Gasteiger charge is 2.48. The van der Waals surface area contributed by atoms with Gasteiger partial charge in [-0.05, 0) is 48.0 Å². The van der Waals surface area contributed by atoms with E-state index in [1.165, 1.54) is 25.3 Å². The third kappa shape index (κ3) is 3.96. The Morgan fingerprint density at radius 2 is 1.89 bits per heavy atom. The van der Waals surface area contributed by atoms with Crippen molar-refractivity contribution in [2.45, 2.75) is 6.04 Å². The van der Waals surface area contributed by atoms with Crippen LogP contribution in [0, 0.1) is 10.1 Å². The average molecular weight is 522 g/mol. The summed E-state index contributed by atoms with van der Waals surface area (Å²) in [6.45, 7) is 0. The van der Waals surface area contributed by atoms with E-state index in [1.807, 2.05) is 0 Å². The molecule has 1 aliphatic heterocycles. The van der Waals surface area contributed by atoms with E-state index in [1.54, 1.807) is 48.5 Å². The molecule has 11 heteroatoms. The number of aromatic nitrogens is 1. The van der Waals surface area contributed by atoms with Crippen molar-refractivity contribution in [3.05, 3.63) is 98.6 Å². The van der Waals surface area contributed by atoms with Crippen LogP contribution in [0.4, 0.5) is 10.8 Å². The minimum absolute atomic E-state index is 0.194. The number of ketones is 1. The number of thiazole rings is 1. The van der Waals surface area contributed by atoms with Crippen LogP contribution < -0.4 is 9.64 Å². The number of hydrogen-bond donors (Lipinski definition) is 1. The van der Waals surface area contributed by atoms with Crippen LogP contribution in [0.1, 0.15) is 17.2 Å². The molecule has 1 aliphatic rings.